The zero-order valence-corrected chi connectivity index (χ0v) is 14.0. The van der Waals surface area contributed by atoms with Crippen molar-refractivity contribution in [2.75, 3.05) is 14.2 Å². The summed E-state index contributed by atoms with van der Waals surface area (Å²) in [5.41, 5.74) is -0.223. The van der Waals surface area contributed by atoms with Crippen LogP contribution < -0.4 is 0 Å². The number of rotatable bonds is 6. The highest BCUT2D eigenvalue weighted by Crippen LogP contribution is 2.40. The van der Waals surface area contributed by atoms with Crippen LogP contribution in [0, 0.1) is 0 Å². The van der Waals surface area contributed by atoms with Gasteiger partial charge in [0.25, 0.3) is 0 Å². The minimum Gasteiger partial charge on any atom is -0.412 e. The number of methoxy groups -OCH3 is 2. The van der Waals surface area contributed by atoms with E-state index in [1.54, 1.807) is 14.2 Å². The minimum absolute atomic E-state index is 0.199. The van der Waals surface area contributed by atoms with Crippen LogP contribution in [0.4, 0.5) is 0 Å². The Balaban J connectivity index is 4.64. The molecule has 0 aliphatic heterocycles. The van der Waals surface area contributed by atoms with Crippen LogP contribution in [-0.2, 0) is 13.9 Å². The van der Waals surface area contributed by atoms with Gasteiger partial charge < -0.3 is 13.9 Å². The van der Waals surface area contributed by atoms with Gasteiger partial charge in [0.2, 0.25) is 0 Å². The van der Waals surface area contributed by atoms with Crippen molar-refractivity contribution in [1.82, 2.24) is 0 Å². The fraction of sp³-hybridized carbons (Fsp3) is 1.00. The largest absolute Gasteiger partial charge is 0.412 e. The lowest BCUT2D eigenvalue weighted by Crippen LogP contribution is -2.48. The van der Waals surface area contributed by atoms with Crippen molar-refractivity contribution in [3.8, 4) is 0 Å². The maximum Gasteiger partial charge on any atom is 0.192 e. The summed E-state index contributed by atoms with van der Waals surface area (Å²) in [4.78, 5) is 0. The van der Waals surface area contributed by atoms with Gasteiger partial charge in [-0.15, -0.1) is 0 Å². The first kappa shape index (κ1) is 17.1. The average molecular weight is 262 g/mol. The molecule has 0 amide bonds. The number of hydrogen-bond donors (Lipinski definition) is 0. The second-order valence-electron chi connectivity index (χ2n) is 6.73. The molecule has 0 fully saturated rings. The van der Waals surface area contributed by atoms with Gasteiger partial charge in [-0.1, -0.05) is 20.8 Å². The lowest BCUT2D eigenvalue weighted by Gasteiger charge is -2.43. The molecule has 0 radical (unpaired) electrons. The van der Waals surface area contributed by atoms with E-state index in [-0.39, 0.29) is 16.9 Å². The maximum atomic E-state index is 6.40. The van der Waals surface area contributed by atoms with Crippen molar-refractivity contribution >= 4 is 8.32 Å². The Labute approximate surface area is 108 Å². The molecule has 0 unspecified atom stereocenters. The third-order valence-corrected chi connectivity index (χ3v) is 8.20. The van der Waals surface area contributed by atoms with Gasteiger partial charge >= 0.3 is 0 Å². The first-order chi connectivity index (χ1) is 7.45. The molecule has 0 N–H and O–H groups in total. The normalized spacial score (nSPS) is 14.5. The summed E-state index contributed by atoms with van der Waals surface area (Å²) in [6.07, 6.45) is 0.543. The third-order valence-electron chi connectivity index (χ3n) is 3.52. The van der Waals surface area contributed by atoms with Gasteiger partial charge in [-0.25, -0.2) is 0 Å². The monoisotopic (exact) mass is 262 g/mol. The third kappa shape index (κ3) is 5.51. The Morgan fingerprint density at radius 3 is 1.65 bits per heavy atom. The molecular weight excluding hydrogens is 232 g/mol. The molecule has 3 nitrogen and oxygen atoms in total. The Hall–Kier alpha value is 0.0969. The predicted octanol–water partition coefficient (Wildman–Crippen LogP) is 3.80. The van der Waals surface area contributed by atoms with Crippen LogP contribution in [0.1, 0.15) is 41.0 Å². The van der Waals surface area contributed by atoms with Crippen molar-refractivity contribution in [1.29, 1.82) is 0 Å². The highest BCUT2D eigenvalue weighted by Gasteiger charge is 2.42. The van der Waals surface area contributed by atoms with Gasteiger partial charge in [-0.05, 0) is 32.0 Å². The van der Waals surface area contributed by atoms with E-state index in [4.69, 9.17) is 13.9 Å². The molecule has 0 aromatic heterocycles. The van der Waals surface area contributed by atoms with Gasteiger partial charge in [0.15, 0.2) is 14.6 Å². The van der Waals surface area contributed by atoms with E-state index >= 15 is 0 Å². The summed E-state index contributed by atoms with van der Waals surface area (Å²) in [7, 11) is 1.58. The van der Waals surface area contributed by atoms with Crippen molar-refractivity contribution in [2.45, 2.75) is 71.1 Å². The lowest BCUT2D eigenvalue weighted by atomic mass is 10.1. The maximum absolute atomic E-state index is 6.40. The molecule has 0 spiro atoms. The van der Waals surface area contributed by atoms with Crippen LogP contribution in [0.25, 0.3) is 0 Å². The Morgan fingerprint density at radius 2 is 1.35 bits per heavy atom. The smallest absolute Gasteiger partial charge is 0.192 e. The van der Waals surface area contributed by atoms with Crippen LogP contribution in [0.3, 0.4) is 0 Å². The quantitative estimate of drug-likeness (QED) is 0.538. The van der Waals surface area contributed by atoms with Gasteiger partial charge in [-0.3, -0.25) is 0 Å². The molecular formula is C13H30O3Si. The van der Waals surface area contributed by atoms with E-state index in [9.17, 15) is 0 Å². The summed E-state index contributed by atoms with van der Waals surface area (Å²) >= 11 is 0. The predicted molar refractivity (Wildman–Crippen MR) is 74.8 cm³/mol. The highest BCUT2D eigenvalue weighted by atomic mass is 28.4. The van der Waals surface area contributed by atoms with Crippen LogP contribution >= 0.6 is 0 Å². The van der Waals surface area contributed by atoms with E-state index in [1.807, 2.05) is 0 Å². The molecule has 0 atom stereocenters. The van der Waals surface area contributed by atoms with Crippen molar-refractivity contribution < 1.29 is 13.9 Å². The second-order valence-corrected chi connectivity index (χ2v) is 11.5. The molecule has 0 saturated carbocycles. The van der Waals surface area contributed by atoms with Crippen LogP contribution in [0.15, 0.2) is 0 Å². The van der Waals surface area contributed by atoms with E-state index in [0.29, 0.717) is 0 Å². The molecule has 0 aliphatic carbocycles. The standard InChI is InChI=1S/C13H30O3Si/c1-12(2,3)17(8,9)16-13(4,5)10-11(14-6)15-7/h11H,10H2,1-9H3. The molecule has 4 heteroatoms. The topological polar surface area (TPSA) is 27.7 Å². The molecule has 0 bridgehead atoms. The first-order valence-electron chi connectivity index (χ1n) is 6.21. The first-order valence-corrected chi connectivity index (χ1v) is 9.12. The summed E-state index contributed by atoms with van der Waals surface area (Å²) in [6.45, 7) is 15.5. The van der Waals surface area contributed by atoms with E-state index in [1.165, 1.54) is 0 Å². The van der Waals surface area contributed by atoms with Gasteiger partial charge in [0.05, 0.1) is 5.60 Å². The van der Waals surface area contributed by atoms with E-state index < -0.39 is 8.32 Å². The van der Waals surface area contributed by atoms with Crippen LogP contribution in [0.2, 0.25) is 18.1 Å². The zero-order chi connectivity index (χ0) is 13.9. The summed E-state index contributed by atoms with van der Waals surface area (Å²) in [6, 6.07) is 0. The minimum atomic E-state index is -1.74. The van der Waals surface area contributed by atoms with Crippen molar-refractivity contribution in [2.24, 2.45) is 0 Å². The summed E-state index contributed by atoms with van der Waals surface area (Å²) in [5, 5.41) is 0.222. The zero-order valence-electron chi connectivity index (χ0n) is 13.0. The van der Waals surface area contributed by atoms with Gasteiger partial charge in [0, 0.05) is 20.6 Å². The summed E-state index contributed by atoms with van der Waals surface area (Å²) in [5.74, 6) is 0. The summed E-state index contributed by atoms with van der Waals surface area (Å²) < 4.78 is 16.9. The van der Waals surface area contributed by atoms with Gasteiger partial charge in [0.1, 0.15) is 0 Å². The lowest BCUT2D eigenvalue weighted by molar-refractivity contribution is -0.133. The Bertz CT molecular complexity index is 227. The van der Waals surface area contributed by atoms with Crippen LogP contribution in [-0.4, -0.2) is 34.4 Å². The second kappa shape index (κ2) is 5.82. The van der Waals surface area contributed by atoms with Crippen LogP contribution in [0.5, 0.6) is 0 Å². The SMILES string of the molecule is COC(CC(C)(C)O[Si](C)(C)C(C)(C)C)OC. The van der Waals surface area contributed by atoms with E-state index in [2.05, 4.69) is 47.7 Å². The molecule has 17 heavy (non-hydrogen) atoms. The van der Waals surface area contributed by atoms with Crippen molar-refractivity contribution in [3.63, 3.8) is 0 Å². The number of ether oxygens (including phenoxy) is 2. The van der Waals surface area contributed by atoms with E-state index in [0.717, 1.165) is 6.42 Å². The fourth-order valence-electron chi connectivity index (χ4n) is 1.55. The van der Waals surface area contributed by atoms with Gasteiger partial charge in [-0.2, -0.15) is 0 Å². The molecule has 0 aromatic carbocycles. The highest BCUT2D eigenvalue weighted by molar-refractivity contribution is 6.74. The molecule has 0 rings (SSSR count). The Morgan fingerprint density at radius 1 is 0.941 bits per heavy atom. The molecule has 0 saturated heterocycles. The molecule has 0 heterocycles. The fourth-order valence-corrected chi connectivity index (χ4v) is 3.32. The number of hydrogen-bond acceptors (Lipinski definition) is 3. The van der Waals surface area contributed by atoms with Crippen molar-refractivity contribution in [3.05, 3.63) is 0 Å². The Kier molecular flexibility index (Phi) is 5.86. The molecule has 104 valence electrons. The molecule has 0 aromatic rings. The molecule has 0 aliphatic rings. The average Bonchev–Trinajstić information content (AvgIpc) is 2.10.